The molecule has 1 aromatic rings. The Morgan fingerprint density at radius 2 is 1.73 bits per heavy atom. The van der Waals surface area contributed by atoms with Crippen LogP contribution in [0.4, 0.5) is 0 Å². The summed E-state index contributed by atoms with van der Waals surface area (Å²) in [5.74, 6) is 0.191. The lowest BCUT2D eigenvalue weighted by molar-refractivity contribution is -0.137. The second-order valence-electron chi connectivity index (χ2n) is 7.47. The Kier molecular flexibility index (Phi) is 9.07. The van der Waals surface area contributed by atoms with Crippen LogP contribution in [0.15, 0.2) is 0 Å². The summed E-state index contributed by atoms with van der Waals surface area (Å²) in [4.78, 5) is 17.1. The lowest BCUT2D eigenvalue weighted by Gasteiger charge is -2.36. The van der Waals surface area contributed by atoms with Crippen LogP contribution >= 0.6 is 12.4 Å². The molecule has 1 atom stereocenters. The predicted molar refractivity (Wildman–Crippen MR) is 107 cm³/mol. The van der Waals surface area contributed by atoms with Crippen LogP contribution in [-0.4, -0.2) is 70.9 Å². The molecule has 1 saturated heterocycles. The average molecular weight is 387 g/mol. The van der Waals surface area contributed by atoms with Crippen molar-refractivity contribution < 1.29 is 9.53 Å². The molecule has 1 aliphatic rings. The lowest BCUT2D eigenvalue weighted by Crippen LogP contribution is -2.51. The number of aryl methyl sites for hydroxylation is 1. The molecule has 0 saturated carbocycles. The molecule has 7 heteroatoms. The van der Waals surface area contributed by atoms with Crippen LogP contribution in [0.3, 0.4) is 0 Å². The molecule has 0 bridgehead atoms. The highest BCUT2D eigenvalue weighted by atomic mass is 35.5. The van der Waals surface area contributed by atoms with Crippen LogP contribution in [-0.2, 0) is 16.1 Å². The molecule has 0 aromatic carbocycles. The Hall–Kier alpha value is -1.11. The minimum absolute atomic E-state index is 0. The van der Waals surface area contributed by atoms with Gasteiger partial charge in [-0.15, -0.1) is 12.4 Å². The van der Waals surface area contributed by atoms with E-state index >= 15 is 0 Å². The fourth-order valence-corrected chi connectivity index (χ4v) is 3.22. The third kappa shape index (κ3) is 5.96. The zero-order valence-electron chi connectivity index (χ0n) is 17.1. The molecular weight excluding hydrogens is 352 g/mol. The second kappa shape index (κ2) is 10.3. The molecule has 1 fully saturated rings. The first-order valence-electron chi connectivity index (χ1n) is 9.43. The average Bonchev–Trinajstić information content (AvgIpc) is 2.81. The van der Waals surface area contributed by atoms with E-state index in [4.69, 9.17) is 4.74 Å². The summed E-state index contributed by atoms with van der Waals surface area (Å²) < 4.78 is 7.59. The number of amides is 1. The van der Waals surface area contributed by atoms with Crippen LogP contribution < -0.4 is 0 Å². The van der Waals surface area contributed by atoms with Crippen molar-refractivity contribution in [3.8, 4) is 0 Å². The number of aromatic nitrogens is 2. The summed E-state index contributed by atoms with van der Waals surface area (Å²) >= 11 is 0. The van der Waals surface area contributed by atoms with Crippen molar-refractivity contribution in [1.29, 1.82) is 0 Å². The minimum atomic E-state index is -0.0479. The first kappa shape index (κ1) is 22.9. The highest BCUT2D eigenvalue weighted by Crippen LogP contribution is 2.15. The van der Waals surface area contributed by atoms with Gasteiger partial charge in [-0.1, -0.05) is 6.92 Å². The number of carbonyl (C=O) groups excluding carboxylic acids is 1. The van der Waals surface area contributed by atoms with E-state index in [1.54, 1.807) is 0 Å². The van der Waals surface area contributed by atoms with Gasteiger partial charge < -0.3 is 9.64 Å². The van der Waals surface area contributed by atoms with Crippen molar-refractivity contribution in [3.63, 3.8) is 0 Å². The van der Waals surface area contributed by atoms with Gasteiger partial charge in [0, 0.05) is 38.4 Å². The van der Waals surface area contributed by atoms with Crippen molar-refractivity contribution in [1.82, 2.24) is 19.6 Å². The molecule has 0 N–H and O–H groups in total. The Balaban J connectivity index is 0.00000338. The molecule has 0 aliphatic carbocycles. The Labute approximate surface area is 164 Å². The van der Waals surface area contributed by atoms with E-state index in [2.05, 4.69) is 37.7 Å². The van der Waals surface area contributed by atoms with Gasteiger partial charge >= 0.3 is 0 Å². The van der Waals surface area contributed by atoms with Gasteiger partial charge in [0.25, 0.3) is 0 Å². The number of hydrogen-bond donors (Lipinski definition) is 0. The summed E-state index contributed by atoms with van der Waals surface area (Å²) in [6, 6.07) is 0. The molecule has 0 spiro atoms. The van der Waals surface area contributed by atoms with Crippen LogP contribution in [0, 0.1) is 26.7 Å². The van der Waals surface area contributed by atoms with Crippen LogP contribution in [0.5, 0.6) is 0 Å². The molecule has 2 heterocycles. The summed E-state index contributed by atoms with van der Waals surface area (Å²) in [6.45, 7) is 18.1. The highest BCUT2D eigenvalue weighted by molar-refractivity contribution is 5.85. The van der Waals surface area contributed by atoms with Crippen LogP contribution in [0.1, 0.15) is 37.7 Å². The second-order valence-corrected chi connectivity index (χ2v) is 7.47. The number of halogens is 1. The van der Waals surface area contributed by atoms with Crippen LogP contribution in [0.25, 0.3) is 0 Å². The van der Waals surface area contributed by atoms with Crippen molar-refractivity contribution >= 4 is 18.3 Å². The molecule has 1 aromatic heterocycles. The molecule has 26 heavy (non-hydrogen) atoms. The van der Waals surface area contributed by atoms with E-state index in [0.29, 0.717) is 6.54 Å². The summed E-state index contributed by atoms with van der Waals surface area (Å²) in [7, 11) is 0. The van der Waals surface area contributed by atoms with E-state index in [1.165, 1.54) is 5.56 Å². The van der Waals surface area contributed by atoms with E-state index in [9.17, 15) is 4.79 Å². The summed E-state index contributed by atoms with van der Waals surface area (Å²) in [5.41, 5.74) is 3.43. The third-order valence-corrected chi connectivity index (χ3v) is 5.15. The number of nitrogens with zero attached hydrogens (tertiary/aromatic N) is 4. The van der Waals surface area contributed by atoms with Gasteiger partial charge in [-0.3, -0.25) is 14.4 Å². The number of rotatable bonds is 7. The summed E-state index contributed by atoms with van der Waals surface area (Å²) in [5, 5.41) is 4.56. The predicted octanol–water partition coefficient (Wildman–Crippen LogP) is 2.44. The highest BCUT2D eigenvalue weighted by Gasteiger charge is 2.25. The fraction of sp³-hybridized carbons (Fsp3) is 0.789. The van der Waals surface area contributed by atoms with Gasteiger partial charge in [0.1, 0.15) is 0 Å². The quantitative estimate of drug-likeness (QED) is 0.722. The third-order valence-electron chi connectivity index (χ3n) is 5.15. The normalized spacial score (nSPS) is 16.7. The van der Waals surface area contributed by atoms with E-state index in [0.717, 1.165) is 50.7 Å². The first-order valence-corrected chi connectivity index (χ1v) is 9.43. The van der Waals surface area contributed by atoms with Gasteiger partial charge in [0.05, 0.1) is 30.9 Å². The maximum atomic E-state index is 12.8. The van der Waals surface area contributed by atoms with Gasteiger partial charge in [-0.2, -0.15) is 5.10 Å². The molecule has 6 nitrogen and oxygen atoms in total. The number of hydrogen-bond acceptors (Lipinski definition) is 4. The van der Waals surface area contributed by atoms with Crippen molar-refractivity contribution in [2.75, 3.05) is 39.3 Å². The Morgan fingerprint density at radius 3 is 2.23 bits per heavy atom. The molecule has 2 rings (SSSR count). The van der Waals surface area contributed by atoms with E-state index in [-0.39, 0.29) is 30.3 Å². The minimum Gasteiger partial charge on any atom is -0.377 e. The maximum absolute atomic E-state index is 12.8. The Bertz CT molecular complexity index is 580. The summed E-state index contributed by atoms with van der Waals surface area (Å²) in [6.07, 6.45) is 0.279. The molecule has 0 radical (unpaired) electrons. The molecule has 1 amide bonds. The molecular formula is C19H35ClN4O2. The zero-order chi connectivity index (χ0) is 18.6. The van der Waals surface area contributed by atoms with Crippen molar-refractivity contribution in [3.05, 3.63) is 17.0 Å². The lowest BCUT2D eigenvalue weighted by atomic mass is 10.1. The van der Waals surface area contributed by atoms with Gasteiger partial charge in [-0.05, 0) is 40.2 Å². The number of carbonyl (C=O) groups is 1. The topological polar surface area (TPSA) is 50.6 Å². The monoisotopic (exact) mass is 386 g/mol. The maximum Gasteiger partial charge on any atom is 0.227 e. The molecule has 150 valence electrons. The largest absolute Gasteiger partial charge is 0.377 e. The molecule has 1 unspecified atom stereocenters. The zero-order valence-corrected chi connectivity index (χ0v) is 17.9. The van der Waals surface area contributed by atoms with E-state index in [1.807, 2.05) is 23.4 Å². The molecule has 1 aliphatic heterocycles. The van der Waals surface area contributed by atoms with Crippen molar-refractivity contribution in [2.24, 2.45) is 5.92 Å². The van der Waals surface area contributed by atoms with Gasteiger partial charge in [0.15, 0.2) is 0 Å². The van der Waals surface area contributed by atoms with E-state index < -0.39 is 0 Å². The number of ether oxygens (including phenoxy) is 1. The Morgan fingerprint density at radius 1 is 1.12 bits per heavy atom. The SMILES string of the molecule is Cc1nn(CC(C)C(=O)N2CCN(CCOC(C)C)CC2)c(C)c1C.Cl. The van der Waals surface area contributed by atoms with Crippen molar-refractivity contribution in [2.45, 2.75) is 54.2 Å². The smallest absolute Gasteiger partial charge is 0.227 e. The standard InChI is InChI=1S/C19H34N4O2.ClH/c1-14(2)25-12-11-21-7-9-22(10-8-21)19(24)15(3)13-23-18(6)16(4)17(5)20-23;/h14-15H,7-13H2,1-6H3;1H. The van der Waals surface area contributed by atoms with Gasteiger partial charge in [-0.25, -0.2) is 0 Å². The fourth-order valence-electron chi connectivity index (χ4n) is 3.22. The van der Waals surface area contributed by atoms with Crippen LogP contribution in [0.2, 0.25) is 0 Å². The first-order chi connectivity index (χ1) is 11.8. The number of piperazine rings is 1. The van der Waals surface area contributed by atoms with Gasteiger partial charge in [0.2, 0.25) is 5.91 Å².